The van der Waals surface area contributed by atoms with Crippen LogP contribution in [0.25, 0.3) is 0 Å². The van der Waals surface area contributed by atoms with Crippen LogP contribution in [0.5, 0.6) is 0 Å². The van der Waals surface area contributed by atoms with Gasteiger partial charge in [-0.05, 0) is 34.8 Å². The maximum Gasteiger partial charge on any atom is 0.142 e. The van der Waals surface area contributed by atoms with E-state index in [9.17, 15) is 4.39 Å². The van der Waals surface area contributed by atoms with E-state index in [0.29, 0.717) is 4.47 Å². The van der Waals surface area contributed by atoms with Crippen molar-refractivity contribution < 1.29 is 4.39 Å². The summed E-state index contributed by atoms with van der Waals surface area (Å²) in [5, 5.41) is 3.34. The smallest absolute Gasteiger partial charge is 0.142 e. The summed E-state index contributed by atoms with van der Waals surface area (Å²) in [6.45, 7) is 7.65. The first-order valence-electron chi connectivity index (χ1n) is 6.73. The van der Waals surface area contributed by atoms with E-state index in [2.05, 4.69) is 32.7 Å². The fraction of sp³-hybridized carbons (Fsp3) is 0.467. The van der Waals surface area contributed by atoms with Gasteiger partial charge in [-0.15, -0.1) is 6.58 Å². The molecule has 0 spiro atoms. The second kappa shape index (κ2) is 7.17. The summed E-state index contributed by atoms with van der Waals surface area (Å²) in [4.78, 5) is 2.37. The Hall–Kier alpha value is -0.710. The van der Waals surface area contributed by atoms with Crippen LogP contribution in [0.15, 0.2) is 35.3 Å². The van der Waals surface area contributed by atoms with E-state index >= 15 is 0 Å². The van der Waals surface area contributed by atoms with Crippen LogP contribution >= 0.6 is 15.9 Å². The molecule has 1 aromatic rings. The number of rotatable bonds is 5. The molecule has 1 atom stereocenters. The topological polar surface area (TPSA) is 15.3 Å². The molecule has 1 fully saturated rings. The predicted octanol–water partition coefficient (Wildman–Crippen LogP) is 3.50. The van der Waals surface area contributed by atoms with Crippen molar-refractivity contribution in [1.82, 2.24) is 10.2 Å². The van der Waals surface area contributed by atoms with Gasteiger partial charge in [0, 0.05) is 37.8 Å². The van der Waals surface area contributed by atoms with Crippen LogP contribution in [0.4, 0.5) is 4.39 Å². The SMILES string of the molecule is C=CCC[C@@H](c1cccc(Br)c1F)N1CCNCC1. The lowest BCUT2D eigenvalue weighted by Gasteiger charge is -2.35. The third-order valence-corrected chi connectivity index (χ3v) is 4.19. The Bertz CT molecular complexity index is 430. The molecule has 2 rings (SSSR count). The van der Waals surface area contributed by atoms with E-state index in [-0.39, 0.29) is 11.9 Å². The Morgan fingerprint density at radius 1 is 1.42 bits per heavy atom. The molecule has 0 amide bonds. The number of nitrogens with one attached hydrogen (secondary N) is 1. The van der Waals surface area contributed by atoms with Crippen LogP contribution in [0.1, 0.15) is 24.4 Å². The Balaban J connectivity index is 2.24. The minimum atomic E-state index is -0.130. The maximum atomic E-state index is 14.3. The first kappa shape index (κ1) is 14.7. The fourth-order valence-corrected chi connectivity index (χ4v) is 2.96. The Morgan fingerprint density at radius 2 is 2.16 bits per heavy atom. The van der Waals surface area contributed by atoms with Gasteiger partial charge in [0.15, 0.2) is 0 Å². The molecule has 0 unspecified atom stereocenters. The Kier molecular flexibility index (Phi) is 5.55. The van der Waals surface area contributed by atoms with Gasteiger partial charge in [-0.1, -0.05) is 18.2 Å². The van der Waals surface area contributed by atoms with Crippen molar-refractivity contribution in [3.63, 3.8) is 0 Å². The third kappa shape index (κ3) is 3.65. The number of halogens is 2. The summed E-state index contributed by atoms with van der Waals surface area (Å²) < 4.78 is 14.9. The number of hydrogen-bond donors (Lipinski definition) is 1. The van der Waals surface area contributed by atoms with Crippen molar-refractivity contribution >= 4 is 15.9 Å². The number of hydrogen-bond acceptors (Lipinski definition) is 2. The lowest BCUT2D eigenvalue weighted by molar-refractivity contribution is 0.163. The second-order valence-corrected chi connectivity index (χ2v) is 5.67. The molecule has 0 aliphatic carbocycles. The molecular formula is C15H20BrFN2. The van der Waals surface area contributed by atoms with Gasteiger partial charge in [0.05, 0.1) is 4.47 Å². The molecule has 1 aliphatic heterocycles. The molecule has 0 bridgehead atoms. The monoisotopic (exact) mass is 326 g/mol. The van der Waals surface area contributed by atoms with Gasteiger partial charge in [-0.3, -0.25) is 4.90 Å². The molecule has 1 N–H and O–H groups in total. The van der Waals surface area contributed by atoms with E-state index in [1.54, 1.807) is 6.07 Å². The van der Waals surface area contributed by atoms with Crippen LogP contribution < -0.4 is 5.32 Å². The zero-order valence-corrected chi connectivity index (χ0v) is 12.6. The average Bonchev–Trinajstić information content (AvgIpc) is 2.45. The van der Waals surface area contributed by atoms with E-state index in [1.807, 2.05) is 18.2 Å². The highest BCUT2D eigenvalue weighted by molar-refractivity contribution is 9.10. The highest BCUT2D eigenvalue weighted by atomic mass is 79.9. The van der Waals surface area contributed by atoms with Gasteiger partial charge in [0.1, 0.15) is 5.82 Å². The quantitative estimate of drug-likeness (QED) is 0.833. The lowest BCUT2D eigenvalue weighted by Crippen LogP contribution is -2.45. The van der Waals surface area contributed by atoms with Crippen molar-refractivity contribution in [3.8, 4) is 0 Å². The van der Waals surface area contributed by atoms with Gasteiger partial charge in [0.25, 0.3) is 0 Å². The molecule has 2 nitrogen and oxygen atoms in total. The van der Waals surface area contributed by atoms with E-state index in [1.165, 1.54) is 0 Å². The summed E-state index contributed by atoms with van der Waals surface area (Å²) in [5.74, 6) is -0.130. The number of allylic oxidation sites excluding steroid dienone is 1. The Labute approximate surface area is 122 Å². The van der Waals surface area contributed by atoms with Gasteiger partial charge in [0.2, 0.25) is 0 Å². The van der Waals surface area contributed by atoms with Gasteiger partial charge in [-0.2, -0.15) is 0 Å². The summed E-state index contributed by atoms with van der Waals surface area (Å²) >= 11 is 3.28. The molecule has 0 saturated carbocycles. The molecule has 1 aliphatic rings. The summed E-state index contributed by atoms with van der Waals surface area (Å²) in [5.41, 5.74) is 0.790. The van der Waals surface area contributed by atoms with Crippen molar-refractivity contribution in [2.24, 2.45) is 0 Å². The Morgan fingerprint density at radius 3 is 2.84 bits per heavy atom. The molecule has 1 heterocycles. The van der Waals surface area contributed by atoms with Crippen LogP contribution in [0, 0.1) is 5.82 Å². The molecule has 0 aromatic heterocycles. The molecule has 4 heteroatoms. The van der Waals surface area contributed by atoms with Crippen LogP contribution in [0.3, 0.4) is 0 Å². The third-order valence-electron chi connectivity index (χ3n) is 3.58. The van der Waals surface area contributed by atoms with Crippen LogP contribution in [-0.2, 0) is 0 Å². The zero-order chi connectivity index (χ0) is 13.7. The standard InChI is InChI=1S/C15H20BrFN2/c1-2-3-7-14(19-10-8-18-9-11-19)12-5-4-6-13(16)15(12)17/h2,4-6,14,18H,1,3,7-11H2/t14-/m0/s1. The highest BCUT2D eigenvalue weighted by Gasteiger charge is 2.24. The second-order valence-electron chi connectivity index (χ2n) is 4.81. The van der Waals surface area contributed by atoms with Crippen molar-refractivity contribution in [1.29, 1.82) is 0 Å². The van der Waals surface area contributed by atoms with Crippen molar-refractivity contribution in [2.45, 2.75) is 18.9 Å². The minimum Gasteiger partial charge on any atom is -0.314 e. The van der Waals surface area contributed by atoms with E-state index < -0.39 is 0 Å². The normalized spacial score (nSPS) is 18.2. The maximum absolute atomic E-state index is 14.3. The number of nitrogens with zero attached hydrogens (tertiary/aromatic N) is 1. The molecule has 0 radical (unpaired) electrons. The van der Waals surface area contributed by atoms with Crippen LogP contribution in [0.2, 0.25) is 0 Å². The highest BCUT2D eigenvalue weighted by Crippen LogP contribution is 2.31. The first-order chi connectivity index (χ1) is 9.24. The van der Waals surface area contributed by atoms with Gasteiger partial charge in [-0.25, -0.2) is 4.39 Å². The fourth-order valence-electron chi connectivity index (χ4n) is 2.58. The molecule has 1 saturated heterocycles. The van der Waals surface area contributed by atoms with E-state index in [4.69, 9.17) is 0 Å². The van der Waals surface area contributed by atoms with Gasteiger partial charge < -0.3 is 5.32 Å². The summed E-state index contributed by atoms with van der Waals surface area (Å²) in [6, 6.07) is 5.69. The molecular weight excluding hydrogens is 307 g/mol. The summed E-state index contributed by atoms with van der Waals surface area (Å²) in [6.07, 6.45) is 3.72. The molecule has 19 heavy (non-hydrogen) atoms. The number of benzene rings is 1. The van der Waals surface area contributed by atoms with Crippen molar-refractivity contribution in [2.75, 3.05) is 26.2 Å². The average molecular weight is 327 g/mol. The zero-order valence-electron chi connectivity index (χ0n) is 11.0. The lowest BCUT2D eigenvalue weighted by atomic mass is 9.99. The summed E-state index contributed by atoms with van der Waals surface area (Å²) in [7, 11) is 0. The largest absolute Gasteiger partial charge is 0.314 e. The molecule has 1 aromatic carbocycles. The molecule has 104 valence electrons. The predicted molar refractivity (Wildman–Crippen MR) is 80.7 cm³/mol. The number of piperazine rings is 1. The van der Waals surface area contributed by atoms with Crippen LogP contribution in [-0.4, -0.2) is 31.1 Å². The first-order valence-corrected chi connectivity index (χ1v) is 7.53. The minimum absolute atomic E-state index is 0.130. The van der Waals surface area contributed by atoms with Crippen molar-refractivity contribution in [3.05, 3.63) is 46.7 Å². The van der Waals surface area contributed by atoms with E-state index in [0.717, 1.165) is 44.6 Å². The van der Waals surface area contributed by atoms with Gasteiger partial charge >= 0.3 is 0 Å².